The van der Waals surface area contributed by atoms with Crippen molar-refractivity contribution < 1.29 is 0 Å². The van der Waals surface area contributed by atoms with Crippen LogP contribution < -0.4 is 5.32 Å². The molecule has 1 saturated heterocycles. The number of thiazole rings is 1. The Labute approximate surface area is 128 Å². The first-order valence-electron chi connectivity index (χ1n) is 6.80. The van der Waals surface area contributed by atoms with Crippen LogP contribution in [-0.2, 0) is 0 Å². The molecule has 1 aromatic carbocycles. The number of benzene rings is 1. The highest BCUT2D eigenvalue weighted by atomic mass is 35.5. The fraction of sp³-hybridized carbons (Fsp3) is 0.500. The highest BCUT2D eigenvalue weighted by molar-refractivity contribution is 7.22. The van der Waals surface area contributed by atoms with Gasteiger partial charge in [0.15, 0.2) is 5.13 Å². The Morgan fingerprint density at radius 3 is 3.10 bits per heavy atom. The Hall–Kier alpha value is -0.880. The summed E-state index contributed by atoms with van der Waals surface area (Å²) in [6.45, 7) is 4.29. The Morgan fingerprint density at radius 1 is 1.40 bits per heavy atom. The van der Waals surface area contributed by atoms with E-state index in [0.29, 0.717) is 6.04 Å². The van der Waals surface area contributed by atoms with Crippen molar-refractivity contribution in [2.24, 2.45) is 0 Å². The van der Waals surface area contributed by atoms with Crippen molar-refractivity contribution in [2.45, 2.75) is 6.04 Å². The van der Waals surface area contributed by atoms with E-state index in [1.165, 1.54) is 4.70 Å². The van der Waals surface area contributed by atoms with E-state index < -0.39 is 0 Å². The molecule has 1 aliphatic heterocycles. The zero-order chi connectivity index (χ0) is 14.1. The first kappa shape index (κ1) is 14.1. The molecule has 6 heteroatoms. The summed E-state index contributed by atoms with van der Waals surface area (Å²) in [5, 5.41) is 5.18. The van der Waals surface area contributed by atoms with Crippen molar-refractivity contribution in [3.8, 4) is 0 Å². The third-order valence-electron chi connectivity index (χ3n) is 3.82. The molecule has 3 rings (SSSR count). The van der Waals surface area contributed by atoms with Crippen LogP contribution in [-0.4, -0.2) is 61.1 Å². The van der Waals surface area contributed by atoms with E-state index in [1.807, 2.05) is 18.2 Å². The monoisotopic (exact) mass is 310 g/mol. The summed E-state index contributed by atoms with van der Waals surface area (Å²) in [4.78, 5) is 9.39. The van der Waals surface area contributed by atoms with Gasteiger partial charge in [-0.3, -0.25) is 4.90 Å². The zero-order valence-corrected chi connectivity index (χ0v) is 13.3. The molecular weight excluding hydrogens is 292 g/mol. The fourth-order valence-corrected chi connectivity index (χ4v) is 3.52. The number of nitrogens with zero attached hydrogens (tertiary/aromatic N) is 3. The second-order valence-electron chi connectivity index (χ2n) is 5.41. The van der Waals surface area contributed by atoms with Crippen LogP contribution in [0.2, 0.25) is 5.02 Å². The molecule has 0 amide bonds. The number of piperazine rings is 1. The van der Waals surface area contributed by atoms with E-state index in [4.69, 9.17) is 11.6 Å². The van der Waals surface area contributed by atoms with Crippen LogP contribution >= 0.6 is 22.9 Å². The lowest BCUT2D eigenvalue weighted by Crippen LogP contribution is -2.52. The molecule has 1 unspecified atom stereocenters. The number of anilines is 1. The number of nitrogens with one attached hydrogen (secondary N) is 1. The molecule has 1 aliphatic rings. The summed E-state index contributed by atoms with van der Waals surface area (Å²) in [5.74, 6) is 0. The number of likely N-dealkylation sites (N-methyl/N-ethyl adjacent to an activating group) is 2. The van der Waals surface area contributed by atoms with Gasteiger partial charge in [-0.2, -0.15) is 0 Å². The van der Waals surface area contributed by atoms with Gasteiger partial charge in [0.2, 0.25) is 0 Å². The van der Waals surface area contributed by atoms with E-state index in [9.17, 15) is 0 Å². The number of hydrogen-bond acceptors (Lipinski definition) is 5. The molecule has 1 atom stereocenters. The van der Waals surface area contributed by atoms with Crippen molar-refractivity contribution in [1.82, 2.24) is 14.8 Å². The minimum atomic E-state index is 0.532. The molecule has 1 N–H and O–H groups in total. The summed E-state index contributed by atoms with van der Waals surface area (Å²) in [6, 6.07) is 6.39. The second kappa shape index (κ2) is 5.85. The number of hydrogen-bond donors (Lipinski definition) is 1. The van der Waals surface area contributed by atoms with Crippen molar-refractivity contribution >= 4 is 38.3 Å². The Balaban J connectivity index is 1.67. The molecule has 0 bridgehead atoms. The Kier molecular flexibility index (Phi) is 4.12. The smallest absolute Gasteiger partial charge is 0.183 e. The molecule has 2 aromatic rings. The van der Waals surface area contributed by atoms with Gasteiger partial charge in [-0.15, -0.1) is 0 Å². The first-order valence-corrected chi connectivity index (χ1v) is 8.00. The van der Waals surface area contributed by atoms with E-state index in [-0.39, 0.29) is 0 Å². The quantitative estimate of drug-likeness (QED) is 0.944. The predicted octanol–water partition coefficient (Wildman–Crippen LogP) is 2.61. The summed E-state index contributed by atoms with van der Waals surface area (Å²) < 4.78 is 1.17. The van der Waals surface area contributed by atoms with E-state index in [0.717, 1.165) is 41.8 Å². The maximum Gasteiger partial charge on any atom is 0.183 e. The van der Waals surface area contributed by atoms with Crippen molar-refractivity contribution in [1.29, 1.82) is 0 Å². The van der Waals surface area contributed by atoms with Gasteiger partial charge >= 0.3 is 0 Å². The third-order valence-corrected chi connectivity index (χ3v) is 5.05. The van der Waals surface area contributed by atoms with Crippen molar-refractivity contribution in [2.75, 3.05) is 45.6 Å². The van der Waals surface area contributed by atoms with Crippen LogP contribution in [0.5, 0.6) is 0 Å². The largest absolute Gasteiger partial charge is 0.360 e. The van der Waals surface area contributed by atoms with Gasteiger partial charge in [-0.25, -0.2) is 4.98 Å². The normalized spacial score (nSPS) is 21.4. The molecule has 1 fully saturated rings. The lowest BCUT2D eigenvalue weighted by atomic mass is 10.2. The van der Waals surface area contributed by atoms with Gasteiger partial charge < -0.3 is 10.2 Å². The molecular formula is C14H19ClN4S. The highest BCUT2D eigenvalue weighted by Crippen LogP contribution is 2.28. The lowest BCUT2D eigenvalue weighted by Gasteiger charge is -2.37. The lowest BCUT2D eigenvalue weighted by molar-refractivity contribution is 0.122. The van der Waals surface area contributed by atoms with Crippen molar-refractivity contribution in [3.63, 3.8) is 0 Å². The first-order chi connectivity index (χ1) is 9.61. The van der Waals surface area contributed by atoms with Gasteiger partial charge in [0.25, 0.3) is 0 Å². The number of fused-ring (bicyclic) bond motifs is 1. The third kappa shape index (κ3) is 3.06. The van der Waals surface area contributed by atoms with Gasteiger partial charge in [0, 0.05) is 37.2 Å². The highest BCUT2D eigenvalue weighted by Gasteiger charge is 2.22. The Morgan fingerprint density at radius 2 is 2.25 bits per heavy atom. The fourth-order valence-electron chi connectivity index (χ4n) is 2.50. The predicted molar refractivity (Wildman–Crippen MR) is 87.0 cm³/mol. The van der Waals surface area contributed by atoms with E-state index in [2.05, 4.69) is 34.2 Å². The van der Waals surface area contributed by atoms with Crippen LogP contribution in [0.4, 0.5) is 5.13 Å². The molecule has 0 radical (unpaired) electrons. The van der Waals surface area contributed by atoms with Crippen LogP contribution in [0.1, 0.15) is 0 Å². The van der Waals surface area contributed by atoms with Gasteiger partial charge in [0.05, 0.1) is 10.2 Å². The molecule has 0 spiro atoms. The van der Waals surface area contributed by atoms with Crippen molar-refractivity contribution in [3.05, 3.63) is 23.2 Å². The molecule has 0 saturated carbocycles. The topological polar surface area (TPSA) is 31.4 Å². The van der Waals surface area contributed by atoms with E-state index in [1.54, 1.807) is 11.3 Å². The van der Waals surface area contributed by atoms with E-state index >= 15 is 0 Å². The molecule has 2 heterocycles. The van der Waals surface area contributed by atoms with Gasteiger partial charge in [-0.1, -0.05) is 22.9 Å². The maximum absolute atomic E-state index is 5.99. The minimum absolute atomic E-state index is 0.532. The van der Waals surface area contributed by atoms with Crippen LogP contribution in [0.3, 0.4) is 0 Å². The summed E-state index contributed by atoms with van der Waals surface area (Å²) in [5.41, 5.74) is 0.971. The molecule has 108 valence electrons. The second-order valence-corrected chi connectivity index (χ2v) is 6.88. The summed E-state index contributed by atoms with van der Waals surface area (Å²) in [6.07, 6.45) is 0. The maximum atomic E-state index is 5.99. The molecule has 4 nitrogen and oxygen atoms in total. The van der Waals surface area contributed by atoms with Crippen LogP contribution in [0, 0.1) is 0 Å². The number of halogens is 1. The molecule has 1 aromatic heterocycles. The summed E-state index contributed by atoms with van der Waals surface area (Å²) >= 11 is 7.68. The average Bonchev–Trinajstić information content (AvgIpc) is 2.81. The van der Waals surface area contributed by atoms with Crippen LogP contribution in [0.25, 0.3) is 10.2 Å². The SMILES string of the molecule is CN1CCN(C)C(CNc2nc3cc(Cl)ccc3s2)C1. The van der Waals surface area contributed by atoms with Crippen LogP contribution in [0.15, 0.2) is 18.2 Å². The number of rotatable bonds is 3. The molecule has 20 heavy (non-hydrogen) atoms. The standard InChI is InChI=1S/C14H19ClN4S/c1-18-5-6-19(2)11(9-18)8-16-14-17-12-7-10(15)3-4-13(12)20-14/h3-4,7,11H,5-6,8-9H2,1-2H3,(H,16,17). The zero-order valence-electron chi connectivity index (χ0n) is 11.8. The summed E-state index contributed by atoms with van der Waals surface area (Å²) in [7, 11) is 4.37. The average molecular weight is 311 g/mol. The Bertz CT molecular complexity index is 600. The van der Waals surface area contributed by atoms with Gasteiger partial charge in [0.1, 0.15) is 0 Å². The number of aromatic nitrogens is 1. The van der Waals surface area contributed by atoms with Gasteiger partial charge in [-0.05, 0) is 32.3 Å². The molecule has 0 aliphatic carbocycles. The minimum Gasteiger partial charge on any atom is -0.360 e.